The van der Waals surface area contributed by atoms with Crippen molar-refractivity contribution in [3.63, 3.8) is 0 Å². The second kappa shape index (κ2) is 75.9. The van der Waals surface area contributed by atoms with Gasteiger partial charge in [0.25, 0.3) is 0 Å². The lowest BCUT2D eigenvalue weighted by Crippen LogP contribution is -2.30. The van der Waals surface area contributed by atoms with Crippen molar-refractivity contribution >= 4 is 39.5 Å². The Hall–Kier alpha value is -2.46. The summed E-state index contributed by atoms with van der Waals surface area (Å²) in [5.41, 5.74) is 0. The monoisotopic (exact) mass is 1520 g/mol. The molecule has 0 aromatic heterocycles. The molecular formula is C85H162O17P2. The molecule has 0 aliphatic heterocycles. The summed E-state index contributed by atoms with van der Waals surface area (Å²) in [6, 6.07) is 0. The van der Waals surface area contributed by atoms with Crippen molar-refractivity contribution in [2.45, 2.75) is 445 Å². The van der Waals surface area contributed by atoms with Gasteiger partial charge in [0.2, 0.25) is 0 Å². The van der Waals surface area contributed by atoms with Gasteiger partial charge in [0.15, 0.2) is 12.2 Å². The van der Waals surface area contributed by atoms with Gasteiger partial charge in [0.05, 0.1) is 26.4 Å². The molecule has 104 heavy (non-hydrogen) atoms. The predicted octanol–water partition coefficient (Wildman–Crippen LogP) is 25.4. The van der Waals surface area contributed by atoms with E-state index >= 15 is 0 Å². The third-order valence-electron chi connectivity index (χ3n) is 19.7. The summed E-state index contributed by atoms with van der Waals surface area (Å²) in [5, 5.41) is 10.7. The normalized spacial score (nSPS) is 14.2. The summed E-state index contributed by atoms with van der Waals surface area (Å²) in [4.78, 5) is 73.2. The van der Waals surface area contributed by atoms with E-state index in [0.717, 1.165) is 115 Å². The number of unbranched alkanes of at least 4 members (excludes halogenated alkanes) is 48. The predicted molar refractivity (Wildman–Crippen MR) is 427 cm³/mol. The number of phosphoric ester groups is 2. The zero-order chi connectivity index (χ0) is 76.4. The van der Waals surface area contributed by atoms with E-state index in [0.29, 0.717) is 25.7 Å². The maximum atomic E-state index is 13.1. The molecule has 0 heterocycles. The molecule has 0 aromatic carbocycles. The van der Waals surface area contributed by atoms with Crippen LogP contribution >= 0.6 is 15.6 Å². The lowest BCUT2D eigenvalue weighted by Gasteiger charge is -2.21. The Kier molecular flexibility index (Phi) is 74.1. The summed E-state index contributed by atoms with van der Waals surface area (Å²) in [7, 11) is -9.94. The molecule has 0 saturated heterocycles. The minimum atomic E-state index is -4.97. The average molecular weight is 1520 g/mol. The first kappa shape index (κ1) is 102. The van der Waals surface area contributed by atoms with Gasteiger partial charge in [-0.2, -0.15) is 0 Å². The Balaban J connectivity index is 5.29. The van der Waals surface area contributed by atoms with Gasteiger partial charge >= 0.3 is 39.5 Å². The van der Waals surface area contributed by atoms with Gasteiger partial charge in [0.1, 0.15) is 19.3 Å². The van der Waals surface area contributed by atoms with Crippen molar-refractivity contribution in [2.24, 2.45) is 11.8 Å². The van der Waals surface area contributed by atoms with Crippen LogP contribution in [0.4, 0.5) is 0 Å². The van der Waals surface area contributed by atoms with Gasteiger partial charge < -0.3 is 33.8 Å². The standard InChI is InChI=1S/C85H162O17P2/c1-7-10-12-14-16-18-20-22-24-25-26-27-29-35-39-45-52-58-64-70-85(90)101-80(73-95-82(87)67-61-55-49-43-37-33-31-30-32-36-42-48-54-60-66-78(6)9-3)75-99-103(91,92)97-71-79(86)72-98-104(93,94)100-76-81(74-96-83(88)68-62-56-50-46-40-41-47-53-59-65-77(4)5)102-84(89)69-63-57-51-44-38-34-28-23-21-19-17-15-13-11-8-2/h19,21,23,28,77-81,86H,7-18,20,22,24-27,29-76H2,1-6H3,(H,91,92)(H,93,94)/b21-19-,28-23-/t78?,79-,80-,81-/m1/s1. The number of allylic oxidation sites excluding steroid dienone is 4. The smallest absolute Gasteiger partial charge is 0.462 e. The molecule has 3 N–H and O–H groups in total. The van der Waals surface area contributed by atoms with Crippen molar-refractivity contribution in [1.82, 2.24) is 0 Å². The average Bonchev–Trinajstić information content (AvgIpc) is 1.39. The second-order valence-corrected chi connectivity index (χ2v) is 33.5. The van der Waals surface area contributed by atoms with Crippen LogP contribution in [0.2, 0.25) is 0 Å². The molecule has 0 spiro atoms. The lowest BCUT2D eigenvalue weighted by molar-refractivity contribution is -0.161. The summed E-state index contributed by atoms with van der Waals surface area (Å²) in [6.07, 6.45) is 70.1. The van der Waals surface area contributed by atoms with Crippen LogP contribution in [0.3, 0.4) is 0 Å². The fourth-order valence-electron chi connectivity index (χ4n) is 12.7. The second-order valence-electron chi connectivity index (χ2n) is 30.6. The van der Waals surface area contributed by atoms with E-state index in [2.05, 4.69) is 65.8 Å². The fourth-order valence-corrected chi connectivity index (χ4v) is 14.3. The molecule has 0 aliphatic carbocycles. The maximum absolute atomic E-state index is 13.1. The Morgan fingerprint density at radius 1 is 0.317 bits per heavy atom. The third kappa shape index (κ3) is 76.3. The summed E-state index contributed by atoms with van der Waals surface area (Å²) in [5.74, 6) is -0.544. The van der Waals surface area contributed by atoms with E-state index in [9.17, 15) is 43.2 Å². The fraction of sp³-hybridized carbons (Fsp3) is 0.906. The van der Waals surface area contributed by atoms with Gasteiger partial charge in [-0.1, -0.05) is 374 Å². The van der Waals surface area contributed by atoms with E-state index in [1.54, 1.807) is 0 Å². The molecule has 0 aromatic rings. The van der Waals surface area contributed by atoms with Crippen molar-refractivity contribution in [3.8, 4) is 0 Å². The number of aliphatic hydroxyl groups excluding tert-OH is 1. The topological polar surface area (TPSA) is 237 Å². The van der Waals surface area contributed by atoms with Crippen molar-refractivity contribution < 1.29 is 80.2 Å². The zero-order valence-electron chi connectivity index (χ0n) is 67.8. The van der Waals surface area contributed by atoms with Gasteiger partial charge in [0, 0.05) is 25.7 Å². The molecule has 17 nitrogen and oxygen atoms in total. The maximum Gasteiger partial charge on any atom is 0.472 e. The summed E-state index contributed by atoms with van der Waals surface area (Å²) < 4.78 is 68.8. The number of ether oxygens (including phenoxy) is 4. The molecule has 0 rings (SSSR count). The molecule has 0 bridgehead atoms. The van der Waals surface area contributed by atoms with E-state index < -0.39 is 97.5 Å². The molecule has 0 fully saturated rings. The van der Waals surface area contributed by atoms with E-state index in [-0.39, 0.29) is 25.7 Å². The van der Waals surface area contributed by atoms with Crippen molar-refractivity contribution in [1.29, 1.82) is 0 Å². The zero-order valence-corrected chi connectivity index (χ0v) is 69.6. The number of carbonyl (C=O) groups excluding carboxylic acids is 4. The van der Waals surface area contributed by atoms with Gasteiger partial charge in [-0.05, 0) is 63.2 Å². The van der Waals surface area contributed by atoms with E-state index in [1.807, 2.05) is 0 Å². The number of hydrogen-bond donors (Lipinski definition) is 3. The van der Waals surface area contributed by atoms with Crippen LogP contribution in [0.1, 0.15) is 427 Å². The van der Waals surface area contributed by atoms with Crippen LogP contribution in [0.15, 0.2) is 24.3 Å². The first-order valence-electron chi connectivity index (χ1n) is 43.3. The minimum Gasteiger partial charge on any atom is -0.462 e. The first-order valence-corrected chi connectivity index (χ1v) is 46.3. The van der Waals surface area contributed by atoms with Gasteiger partial charge in [-0.25, -0.2) is 9.13 Å². The highest BCUT2D eigenvalue weighted by atomic mass is 31.2. The van der Waals surface area contributed by atoms with E-state index in [1.165, 1.54) is 231 Å². The highest BCUT2D eigenvalue weighted by Crippen LogP contribution is 2.45. The molecule has 0 amide bonds. The number of carbonyl (C=O) groups is 4. The van der Waals surface area contributed by atoms with Crippen LogP contribution in [0.25, 0.3) is 0 Å². The van der Waals surface area contributed by atoms with Gasteiger partial charge in [-0.15, -0.1) is 0 Å². The number of esters is 4. The Bertz CT molecular complexity index is 2090. The van der Waals surface area contributed by atoms with Crippen LogP contribution in [0, 0.1) is 11.8 Å². The Morgan fingerprint density at radius 3 is 0.865 bits per heavy atom. The molecule has 19 heteroatoms. The highest BCUT2D eigenvalue weighted by molar-refractivity contribution is 7.47. The summed E-state index contributed by atoms with van der Waals surface area (Å²) >= 11 is 0. The molecule has 3 unspecified atom stereocenters. The van der Waals surface area contributed by atoms with E-state index in [4.69, 9.17) is 37.0 Å². The highest BCUT2D eigenvalue weighted by Gasteiger charge is 2.30. The number of aliphatic hydroxyl groups is 1. The van der Waals surface area contributed by atoms with Crippen molar-refractivity contribution in [2.75, 3.05) is 39.6 Å². The van der Waals surface area contributed by atoms with Crippen LogP contribution < -0.4 is 0 Å². The van der Waals surface area contributed by atoms with Crippen LogP contribution in [0.5, 0.6) is 0 Å². The SMILES string of the molecule is CCCCCC/C=C\C=C/CCCCCCCC(=O)O[C@H](COC(=O)CCCCCCCCCCCC(C)C)COP(=O)(O)OC[C@H](O)COP(=O)(O)OC[C@@H](COC(=O)CCCCCCCCCCCCCCCCC(C)CC)OC(=O)CCCCCCCCCCCCCCCCCCCCC. The third-order valence-corrected chi connectivity index (χ3v) is 21.6. The summed E-state index contributed by atoms with van der Waals surface area (Å²) in [6.45, 7) is 9.63. The largest absolute Gasteiger partial charge is 0.472 e. The number of rotatable bonds is 82. The molecule has 0 aliphatic rings. The van der Waals surface area contributed by atoms with Crippen LogP contribution in [-0.2, 0) is 65.4 Å². The quantitative estimate of drug-likeness (QED) is 0.0169. The molecular weight excluding hydrogens is 1350 g/mol. The van der Waals surface area contributed by atoms with Crippen molar-refractivity contribution in [3.05, 3.63) is 24.3 Å². The lowest BCUT2D eigenvalue weighted by atomic mass is 9.99. The Morgan fingerprint density at radius 2 is 0.567 bits per heavy atom. The molecule has 0 radical (unpaired) electrons. The minimum absolute atomic E-state index is 0.0849. The number of hydrogen-bond acceptors (Lipinski definition) is 15. The first-order chi connectivity index (χ1) is 50.4. The molecule has 0 saturated carbocycles. The number of phosphoric acid groups is 2. The molecule has 6 atom stereocenters. The Labute approximate surface area is 637 Å². The van der Waals surface area contributed by atoms with Crippen LogP contribution in [-0.4, -0.2) is 96.7 Å². The molecule has 614 valence electrons. The van der Waals surface area contributed by atoms with Gasteiger partial charge in [-0.3, -0.25) is 37.3 Å².